The monoisotopic (exact) mass is 212 g/mol. The number of allylic oxidation sites excluding steroid dienone is 1. The Labute approximate surface area is 89.7 Å². The van der Waals surface area contributed by atoms with Crippen molar-refractivity contribution in [2.45, 2.75) is 51.7 Å². The Kier molecular flexibility index (Phi) is 3.59. The van der Waals surface area contributed by atoms with Crippen molar-refractivity contribution in [3.05, 3.63) is 12.2 Å². The number of rotatable bonds is 3. The van der Waals surface area contributed by atoms with Gasteiger partial charge < -0.3 is 4.43 Å². The van der Waals surface area contributed by atoms with E-state index < -0.39 is 8.32 Å². The average Bonchev–Trinajstić information content (AvgIpc) is 2.50. The molecule has 0 aromatic heterocycles. The minimum Gasteiger partial charge on any atom is -0.416 e. The maximum Gasteiger partial charge on any atom is 0.192 e. The highest BCUT2D eigenvalue weighted by Crippen LogP contribution is 2.37. The highest BCUT2D eigenvalue weighted by atomic mass is 28.4. The molecule has 0 bridgehead atoms. The first-order chi connectivity index (χ1) is 6.33. The van der Waals surface area contributed by atoms with Crippen LogP contribution in [0.25, 0.3) is 0 Å². The molecule has 0 heterocycles. The molecule has 1 aliphatic rings. The first-order valence-electron chi connectivity index (χ1n) is 5.63. The molecule has 0 amide bonds. The fourth-order valence-electron chi connectivity index (χ4n) is 1.37. The number of hydrogen-bond acceptors (Lipinski definition) is 1. The van der Waals surface area contributed by atoms with Gasteiger partial charge in [-0.25, -0.2) is 0 Å². The molecule has 0 saturated carbocycles. The summed E-state index contributed by atoms with van der Waals surface area (Å²) in [5, 5.41) is 0.343. The summed E-state index contributed by atoms with van der Waals surface area (Å²) in [5.41, 5.74) is 0. The Hall–Kier alpha value is -0.0831. The van der Waals surface area contributed by atoms with Crippen molar-refractivity contribution >= 4 is 8.32 Å². The van der Waals surface area contributed by atoms with E-state index in [-0.39, 0.29) is 0 Å². The van der Waals surface area contributed by atoms with Crippen molar-refractivity contribution in [1.29, 1.82) is 0 Å². The lowest BCUT2D eigenvalue weighted by Gasteiger charge is -2.36. The number of hydrogen-bond donors (Lipinski definition) is 0. The molecule has 0 aromatic carbocycles. The molecule has 0 unspecified atom stereocenters. The highest BCUT2D eigenvalue weighted by molar-refractivity contribution is 6.74. The SMILES string of the molecule is CC(C)(C)[Si](C)(C)OC[C@H]1C=CCC1. The van der Waals surface area contributed by atoms with Crippen LogP contribution in [0, 0.1) is 5.92 Å². The van der Waals surface area contributed by atoms with Crippen molar-refractivity contribution in [2.75, 3.05) is 6.61 Å². The van der Waals surface area contributed by atoms with Gasteiger partial charge in [0.1, 0.15) is 0 Å². The molecule has 0 spiro atoms. The van der Waals surface area contributed by atoms with Gasteiger partial charge >= 0.3 is 0 Å². The van der Waals surface area contributed by atoms with E-state index in [2.05, 4.69) is 46.0 Å². The van der Waals surface area contributed by atoms with Gasteiger partial charge in [-0.05, 0) is 36.9 Å². The van der Waals surface area contributed by atoms with E-state index in [1.165, 1.54) is 12.8 Å². The Morgan fingerprint density at radius 1 is 1.36 bits per heavy atom. The Balaban J connectivity index is 2.39. The van der Waals surface area contributed by atoms with Crippen LogP contribution < -0.4 is 0 Å². The van der Waals surface area contributed by atoms with E-state index in [1.807, 2.05) is 0 Å². The second kappa shape index (κ2) is 4.19. The van der Waals surface area contributed by atoms with E-state index in [1.54, 1.807) is 0 Å². The van der Waals surface area contributed by atoms with Crippen molar-refractivity contribution < 1.29 is 4.43 Å². The second-order valence-corrected chi connectivity index (χ2v) is 10.6. The van der Waals surface area contributed by atoms with E-state index in [4.69, 9.17) is 4.43 Å². The van der Waals surface area contributed by atoms with Crippen LogP contribution in [0.1, 0.15) is 33.6 Å². The third-order valence-electron chi connectivity index (χ3n) is 3.58. The lowest BCUT2D eigenvalue weighted by Crippen LogP contribution is -2.41. The van der Waals surface area contributed by atoms with Crippen LogP contribution in [-0.2, 0) is 4.43 Å². The molecule has 0 fully saturated rings. The Morgan fingerprint density at radius 3 is 2.43 bits per heavy atom. The van der Waals surface area contributed by atoms with Gasteiger partial charge in [0.2, 0.25) is 0 Å². The molecule has 2 heteroatoms. The van der Waals surface area contributed by atoms with Gasteiger partial charge in [-0.3, -0.25) is 0 Å². The summed E-state index contributed by atoms with van der Waals surface area (Å²) in [6, 6.07) is 0. The van der Waals surface area contributed by atoms with E-state index in [0.717, 1.165) is 6.61 Å². The van der Waals surface area contributed by atoms with Crippen molar-refractivity contribution in [1.82, 2.24) is 0 Å². The molecule has 1 aliphatic carbocycles. The molecule has 0 N–H and O–H groups in total. The predicted molar refractivity (Wildman–Crippen MR) is 65.0 cm³/mol. The molecular formula is C12H24OSi. The van der Waals surface area contributed by atoms with Crippen LogP contribution in [0.15, 0.2) is 12.2 Å². The molecule has 1 atom stereocenters. The molecular weight excluding hydrogens is 188 g/mol. The standard InChI is InChI=1S/C12H24OSi/c1-12(2,3)14(4,5)13-10-11-8-6-7-9-11/h6,8,11H,7,9-10H2,1-5H3/t11-/m0/s1. The Bertz CT molecular complexity index is 213. The minimum atomic E-state index is -1.51. The quantitative estimate of drug-likeness (QED) is 0.508. The summed E-state index contributed by atoms with van der Waals surface area (Å²) in [6.45, 7) is 12.5. The molecule has 1 nitrogen and oxygen atoms in total. The fraction of sp³-hybridized carbons (Fsp3) is 0.833. The fourth-order valence-corrected chi connectivity index (χ4v) is 2.43. The summed E-state index contributed by atoms with van der Waals surface area (Å²) in [5.74, 6) is 0.684. The van der Waals surface area contributed by atoms with Gasteiger partial charge in [-0.2, -0.15) is 0 Å². The van der Waals surface area contributed by atoms with Crippen LogP contribution >= 0.6 is 0 Å². The smallest absolute Gasteiger partial charge is 0.192 e. The van der Waals surface area contributed by atoms with Crippen molar-refractivity contribution in [2.24, 2.45) is 5.92 Å². The third-order valence-corrected chi connectivity index (χ3v) is 8.08. The summed E-state index contributed by atoms with van der Waals surface area (Å²) in [7, 11) is -1.51. The minimum absolute atomic E-state index is 0.343. The van der Waals surface area contributed by atoms with Gasteiger partial charge in [0.15, 0.2) is 8.32 Å². The third kappa shape index (κ3) is 2.96. The zero-order chi connectivity index (χ0) is 10.8. The zero-order valence-corrected chi connectivity index (χ0v) is 11.3. The van der Waals surface area contributed by atoms with Crippen molar-refractivity contribution in [3.8, 4) is 0 Å². The molecule has 0 radical (unpaired) electrons. The zero-order valence-electron chi connectivity index (χ0n) is 10.3. The van der Waals surface area contributed by atoms with Crippen LogP contribution in [0.5, 0.6) is 0 Å². The van der Waals surface area contributed by atoms with Crippen LogP contribution in [0.3, 0.4) is 0 Å². The molecule has 0 saturated heterocycles. The summed E-state index contributed by atoms with van der Waals surface area (Å²) < 4.78 is 6.17. The van der Waals surface area contributed by atoms with Crippen LogP contribution in [0.2, 0.25) is 18.1 Å². The summed E-state index contributed by atoms with van der Waals surface area (Å²) in [4.78, 5) is 0. The van der Waals surface area contributed by atoms with Crippen LogP contribution in [0.4, 0.5) is 0 Å². The topological polar surface area (TPSA) is 9.23 Å². The van der Waals surface area contributed by atoms with E-state index in [9.17, 15) is 0 Å². The second-order valence-electron chi connectivity index (χ2n) is 5.84. The van der Waals surface area contributed by atoms with Gasteiger partial charge in [0.05, 0.1) is 0 Å². The summed E-state index contributed by atoms with van der Waals surface area (Å²) >= 11 is 0. The average molecular weight is 212 g/mol. The Morgan fingerprint density at radius 2 is 2.00 bits per heavy atom. The normalized spacial score (nSPS) is 23.1. The van der Waals surface area contributed by atoms with E-state index in [0.29, 0.717) is 11.0 Å². The molecule has 1 rings (SSSR count). The molecule has 0 aromatic rings. The van der Waals surface area contributed by atoms with Crippen molar-refractivity contribution in [3.63, 3.8) is 0 Å². The van der Waals surface area contributed by atoms with Gasteiger partial charge in [0, 0.05) is 6.61 Å². The first-order valence-corrected chi connectivity index (χ1v) is 8.54. The predicted octanol–water partition coefficient (Wildman–Crippen LogP) is 3.97. The van der Waals surface area contributed by atoms with Gasteiger partial charge in [-0.1, -0.05) is 32.9 Å². The van der Waals surface area contributed by atoms with Crippen LogP contribution in [-0.4, -0.2) is 14.9 Å². The highest BCUT2D eigenvalue weighted by Gasteiger charge is 2.37. The lowest BCUT2D eigenvalue weighted by molar-refractivity contribution is 0.250. The summed E-state index contributed by atoms with van der Waals surface area (Å²) in [6.07, 6.45) is 7.12. The maximum atomic E-state index is 6.17. The van der Waals surface area contributed by atoms with Gasteiger partial charge in [-0.15, -0.1) is 0 Å². The lowest BCUT2D eigenvalue weighted by atomic mass is 10.1. The van der Waals surface area contributed by atoms with Gasteiger partial charge in [0.25, 0.3) is 0 Å². The largest absolute Gasteiger partial charge is 0.416 e. The molecule has 82 valence electrons. The van der Waals surface area contributed by atoms with E-state index >= 15 is 0 Å². The molecule has 14 heavy (non-hydrogen) atoms. The maximum absolute atomic E-state index is 6.17. The first kappa shape index (κ1) is 12.0. The molecule has 0 aliphatic heterocycles.